The van der Waals surface area contributed by atoms with Crippen molar-refractivity contribution in [3.05, 3.63) is 28.2 Å². The molecule has 1 saturated heterocycles. The summed E-state index contributed by atoms with van der Waals surface area (Å²) in [6.45, 7) is 10.5. The first-order chi connectivity index (χ1) is 13.6. The van der Waals surface area contributed by atoms with Gasteiger partial charge in [0, 0.05) is 44.2 Å². The molecule has 0 spiro atoms. The number of rotatable bonds is 8. The Morgan fingerprint density at radius 2 is 1.66 bits per heavy atom. The molecule has 164 valence electrons. The van der Waals surface area contributed by atoms with Crippen molar-refractivity contribution in [1.29, 1.82) is 0 Å². The van der Waals surface area contributed by atoms with Crippen molar-refractivity contribution in [3.63, 3.8) is 0 Å². The lowest BCUT2D eigenvalue weighted by Gasteiger charge is -2.32. The minimum Gasteiger partial charge on any atom is -0.355 e. The van der Waals surface area contributed by atoms with Gasteiger partial charge >= 0.3 is 0 Å². The molecule has 0 unspecified atom stereocenters. The van der Waals surface area contributed by atoms with Crippen molar-refractivity contribution >= 4 is 39.1 Å². The summed E-state index contributed by atoms with van der Waals surface area (Å²) in [5.74, 6) is -0.194. The average Bonchev–Trinajstić information content (AvgIpc) is 2.64. The Kier molecular flexibility index (Phi) is 8.79. The van der Waals surface area contributed by atoms with Gasteiger partial charge in [0.2, 0.25) is 15.9 Å². The van der Waals surface area contributed by atoms with Crippen LogP contribution in [-0.2, 0) is 14.8 Å². The van der Waals surface area contributed by atoms with Gasteiger partial charge in [-0.05, 0) is 52.7 Å². The number of hydrogen-bond donors (Lipinski definition) is 1. The fourth-order valence-electron chi connectivity index (χ4n) is 3.78. The molecule has 1 N–H and O–H groups in total. The summed E-state index contributed by atoms with van der Waals surface area (Å²) in [6.07, 6.45) is 0.955. The highest BCUT2D eigenvalue weighted by Crippen LogP contribution is 2.33. The molecule has 1 aromatic rings. The van der Waals surface area contributed by atoms with Crippen molar-refractivity contribution in [1.82, 2.24) is 14.5 Å². The summed E-state index contributed by atoms with van der Waals surface area (Å²) in [4.78, 5) is 14.8. The van der Waals surface area contributed by atoms with Gasteiger partial charge in [-0.1, -0.05) is 29.3 Å². The first-order valence-corrected chi connectivity index (χ1v) is 12.2. The van der Waals surface area contributed by atoms with Gasteiger partial charge in [-0.25, -0.2) is 8.42 Å². The Morgan fingerprint density at radius 1 is 1.14 bits per heavy atom. The highest BCUT2D eigenvalue weighted by Gasteiger charge is 2.34. The topological polar surface area (TPSA) is 69.7 Å². The third kappa shape index (κ3) is 6.07. The second-order valence-electron chi connectivity index (χ2n) is 7.95. The molecule has 0 aliphatic carbocycles. The Morgan fingerprint density at radius 3 is 2.14 bits per heavy atom. The van der Waals surface area contributed by atoms with Crippen LogP contribution in [0.4, 0.5) is 0 Å². The quantitative estimate of drug-likeness (QED) is 0.638. The maximum absolute atomic E-state index is 12.9. The number of nitrogens with zero attached hydrogens (tertiary/aromatic N) is 2. The van der Waals surface area contributed by atoms with Crippen molar-refractivity contribution in [2.24, 2.45) is 5.92 Å². The first kappa shape index (κ1) is 24.4. The number of amides is 1. The third-order valence-electron chi connectivity index (χ3n) is 5.34. The van der Waals surface area contributed by atoms with E-state index in [0.717, 1.165) is 6.54 Å². The lowest BCUT2D eigenvalue weighted by atomic mass is 9.97. The van der Waals surface area contributed by atoms with E-state index in [2.05, 4.69) is 37.9 Å². The molecule has 0 aromatic heterocycles. The van der Waals surface area contributed by atoms with Gasteiger partial charge in [0.1, 0.15) is 4.90 Å². The minimum atomic E-state index is -3.79. The molecule has 1 heterocycles. The SMILES string of the molecule is CC(C)N(CCNC(=O)C1CCN(S(=O)(=O)c2c(Cl)cccc2Cl)CC1)C(C)C. The van der Waals surface area contributed by atoms with Gasteiger partial charge in [-0.3, -0.25) is 9.69 Å². The maximum atomic E-state index is 12.9. The van der Waals surface area contributed by atoms with Crippen LogP contribution >= 0.6 is 23.2 Å². The largest absolute Gasteiger partial charge is 0.355 e. The molecular formula is C20H31Cl2N3O3S. The average molecular weight is 464 g/mol. The molecule has 1 fully saturated rings. The van der Waals surface area contributed by atoms with E-state index in [0.29, 0.717) is 31.5 Å². The predicted molar refractivity (Wildman–Crippen MR) is 118 cm³/mol. The molecule has 1 aliphatic rings. The van der Waals surface area contributed by atoms with Gasteiger partial charge in [0.25, 0.3) is 0 Å². The van der Waals surface area contributed by atoms with Gasteiger partial charge in [-0.2, -0.15) is 4.31 Å². The van der Waals surface area contributed by atoms with Gasteiger partial charge in [-0.15, -0.1) is 0 Å². The molecule has 0 bridgehead atoms. The van der Waals surface area contributed by atoms with Crippen LogP contribution in [0.3, 0.4) is 0 Å². The first-order valence-electron chi connectivity index (χ1n) is 10.0. The summed E-state index contributed by atoms with van der Waals surface area (Å²) >= 11 is 12.2. The van der Waals surface area contributed by atoms with Crippen molar-refractivity contribution in [2.45, 2.75) is 57.5 Å². The van der Waals surface area contributed by atoms with E-state index >= 15 is 0 Å². The summed E-state index contributed by atoms with van der Waals surface area (Å²) in [7, 11) is -3.79. The second-order valence-corrected chi connectivity index (χ2v) is 10.6. The molecule has 0 saturated carbocycles. The van der Waals surface area contributed by atoms with Crippen molar-refractivity contribution in [3.8, 4) is 0 Å². The number of nitrogens with one attached hydrogen (secondary N) is 1. The Balaban J connectivity index is 1.91. The zero-order valence-corrected chi connectivity index (χ0v) is 19.8. The zero-order chi connectivity index (χ0) is 21.8. The van der Waals surface area contributed by atoms with Crippen LogP contribution in [0.15, 0.2) is 23.1 Å². The Bertz CT molecular complexity index is 779. The number of carbonyl (C=O) groups excluding carboxylic acids is 1. The van der Waals surface area contributed by atoms with Gasteiger partial charge < -0.3 is 5.32 Å². The van der Waals surface area contributed by atoms with E-state index in [4.69, 9.17) is 23.2 Å². The summed E-state index contributed by atoms with van der Waals surface area (Å²) < 4.78 is 27.2. The fourth-order valence-corrected chi connectivity index (χ4v) is 6.34. The summed E-state index contributed by atoms with van der Waals surface area (Å²) in [5.41, 5.74) is 0. The standard InChI is InChI=1S/C20H31Cl2N3O3S/c1-14(2)25(15(3)4)13-10-23-20(26)16-8-11-24(12-9-16)29(27,28)19-17(21)6-5-7-18(19)22/h5-7,14-16H,8-13H2,1-4H3,(H,23,26). The van der Waals surface area contributed by atoms with Crippen LogP contribution < -0.4 is 5.32 Å². The Hall–Kier alpha value is -0.860. The van der Waals surface area contributed by atoms with E-state index in [1.807, 2.05) is 0 Å². The fraction of sp³-hybridized carbons (Fsp3) is 0.650. The number of piperidine rings is 1. The molecule has 1 aliphatic heterocycles. The Labute approximate surface area is 184 Å². The van der Waals surface area contributed by atoms with Crippen LogP contribution in [0.2, 0.25) is 10.0 Å². The maximum Gasteiger partial charge on any atom is 0.246 e. The number of carbonyl (C=O) groups is 1. The van der Waals surface area contributed by atoms with Crippen LogP contribution in [0, 0.1) is 5.92 Å². The zero-order valence-electron chi connectivity index (χ0n) is 17.5. The van der Waals surface area contributed by atoms with Gasteiger partial charge in [0.15, 0.2) is 0 Å². The number of hydrogen-bond acceptors (Lipinski definition) is 4. The van der Waals surface area contributed by atoms with E-state index < -0.39 is 10.0 Å². The number of halogens is 2. The van der Waals surface area contributed by atoms with E-state index in [-0.39, 0.29) is 39.9 Å². The third-order valence-corrected chi connectivity index (χ3v) is 8.19. The van der Waals surface area contributed by atoms with E-state index in [1.54, 1.807) is 6.07 Å². The monoisotopic (exact) mass is 463 g/mol. The summed E-state index contributed by atoms with van der Waals surface area (Å²) in [5, 5.41) is 3.22. The van der Waals surface area contributed by atoms with Gasteiger partial charge in [0.05, 0.1) is 10.0 Å². The molecule has 29 heavy (non-hydrogen) atoms. The molecule has 1 aromatic carbocycles. The molecule has 2 rings (SSSR count). The highest BCUT2D eigenvalue weighted by atomic mass is 35.5. The smallest absolute Gasteiger partial charge is 0.246 e. The molecule has 6 nitrogen and oxygen atoms in total. The summed E-state index contributed by atoms with van der Waals surface area (Å²) in [6, 6.07) is 5.46. The van der Waals surface area contributed by atoms with E-state index in [9.17, 15) is 13.2 Å². The molecular weight excluding hydrogens is 433 g/mol. The molecule has 9 heteroatoms. The lowest BCUT2D eigenvalue weighted by molar-refractivity contribution is -0.126. The lowest BCUT2D eigenvalue weighted by Crippen LogP contribution is -2.46. The van der Waals surface area contributed by atoms with Crippen LogP contribution in [0.1, 0.15) is 40.5 Å². The number of sulfonamides is 1. The van der Waals surface area contributed by atoms with Crippen LogP contribution in [0.25, 0.3) is 0 Å². The second kappa shape index (κ2) is 10.4. The van der Waals surface area contributed by atoms with E-state index in [1.165, 1.54) is 16.4 Å². The van der Waals surface area contributed by atoms with Crippen LogP contribution in [0.5, 0.6) is 0 Å². The van der Waals surface area contributed by atoms with Crippen LogP contribution in [-0.4, -0.2) is 61.8 Å². The number of benzene rings is 1. The minimum absolute atomic E-state index is 0.00899. The predicted octanol–water partition coefficient (Wildman–Crippen LogP) is 3.63. The molecule has 0 radical (unpaired) electrons. The van der Waals surface area contributed by atoms with Crippen molar-refractivity contribution < 1.29 is 13.2 Å². The highest BCUT2D eigenvalue weighted by molar-refractivity contribution is 7.89. The molecule has 0 atom stereocenters. The normalized spacial score (nSPS) is 16.7. The van der Waals surface area contributed by atoms with Crippen molar-refractivity contribution in [2.75, 3.05) is 26.2 Å². The molecule has 1 amide bonds.